The van der Waals surface area contributed by atoms with E-state index < -0.39 is 5.97 Å². The van der Waals surface area contributed by atoms with E-state index in [1.807, 2.05) is 0 Å². The van der Waals surface area contributed by atoms with Crippen molar-refractivity contribution < 1.29 is 9.90 Å². The van der Waals surface area contributed by atoms with Gasteiger partial charge in [0.05, 0.1) is 11.6 Å². The maximum absolute atomic E-state index is 10.8. The highest BCUT2D eigenvalue weighted by atomic mass is 16.4. The normalized spacial score (nSPS) is 11.6. The predicted octanol–water partition coefficient (Wildman–Crippen LogP) is 3.83. The monoisotopic (exact) mass is 235 g/mol. The third-order valence-corrected chi connectivity index (χ3v) is 2.51. The zero-order chi connectivity index (χ0) is 12.9. The first-order chi connectivity index (χ1) is 8.22. The number of carboxylic acid groups (broad SMARTS) is 1. The van der Waals surface area contributed by atoms with Crippen LogP contribution < -0.4 is 0 Å². The highest BCUT2D eigenvalue weighted by molar-refractivity contribution is 5.89. The van der Waals surface area contributed by atoms with Crippen LogP contribution >= 0.6 is 0 Å². The minimum absolute atomic E-state index is 0.208. The van der Waals surface area contributed by atoms with E-state index in [0.717, 1.165) is 19.3 Å². The van der Waals surface area contributed by atoms with Gasteiger partial charge in [0.2, 0.25) is 0 Å². The van der Waals surface area contributed by atoms with Crippen molar-refractivity contribution >= 4 is 5.97 Å². The van der Waals surface area contributed by atoms with E-state index in [2.05, 4.69) is 6.92 Å². The molecule has 0 aromatic heterocycles. The molecule has 0 spiro atoms. The second-order valence-corrected chi connectivity index (χ2v) is 3.98. The quantitative estimate of drug-likeness (QED) is 0.286. The Kier molecular flexibility index (Phi) is 9.94. The fraction of sp³-hybridized carbons (Fsp3) is 0.571. The zero-order valence-electron chi connectivity index (χ0n) is 10.5. The van der Waals surface area contributed by atoms with Crippen LogP contribution in [0.2, 0.25) is 0 Å². The molecule has 0 aliphatic carbocycles. The SMILES string of the molecule is CCCCCCCCC=C(C=CC#N)C(=O)O. The Morgan fingerprint density at radius 1 is 1.24 bits per heavy atom. The summed E-state index contributed by atoms with van der Waals surface area (Å²) < 4.78 is 0. The van der Waals surface area contributed by atoms with Crippen molar-refractivity contribution in [2.45, 2.75) is 51.9 Å². The van der Waals surface area contributed by atoms with E-state index in [9.17, 15) is 4.79 Å². The van der Waals surface area contributed by atoms with Gasteiger partial charge >= 0.3 is 5.97 Å². The Morgan fingerprint density at radius 3 is 2.47 bits per heavy atom. The number of aliphatic carboxylic acids is 1. The van der Waals surface area contributed by atoms with Gasteiger partial charge in [-0.1, -0.05) is 45.1 Å². The van der Waals surface area contributed by atoms with Gasteiger partial charge in [-0.2, -0.15) is 5.26 Å². The summed E-state index contributed by atoms with van der Waals surface area (Å²) in [5, 5.41) is 17.2. The van der Waals surface area contributed by atoms with Gasteiger partial charge < -0.3 is 5.11 Å². The van der Waals surface area contributed by atoms with Crippen LogP contribution in [0.4, 0.5) is 0 Å². The highest BCUT2D eigenvalue weighted by Crippen LogP contribution is 2.09. The number of hydrogen-bond acceptors (Lipinski definition) is 2. The van der Waals surface area contributed by atoms with E-state index in [1.165, 1.54) is 37.8 Å². The third kappa shape index (κ3) is 9.37. The first-order valence-corrected chi connectivity index (χ1v) is 6.22. The third-order valence-electron chi connectivity index (χ3n) is 2.51. The number of unbranched alkanes of at least 4 members (excludes halogenated alkanes) is 6. The summed E-state index contributed by atoms with van der Waals surface area (Å²) in [5.41, 5.74) is 0.208. The fourth-order valence-electron chi connectivity index (χ4n) is 1.54. The van der Waals surface area contributed by atoms with Gasteiger partial charge in [0, 0.05) is 6.08 Å². The maximum Gasteiger partial charge on any atom is 0.335 e. The molecule has 0 radical (unpaired) electrons. The maximum atomic E-state index is 10.8. The van der Waals surface area contributed by atoms with Crippen LogP contribution in [0.15, 0.2) is 23.8 Å². The number of rotatable bonds is 9. The van der Waals surface area contributed by atoms with Crippen LogP contribution in [0.25, 0.3) is 0 Å². The first kappa shape index (κ1) is 15.4. The number of allylic oxidation sites excluding steroid dienone is 2. The van der Waals surface area contributed by atoms with Crippen LogP contribution in [0.3, 0.4) is 0 Å². The average Bonchev–Trinajstić information content (AvgIpc) is 2.31. The standard InChI is InChI=1S/C14H21NO2/c1-2-3-4-5-6-7-8-10-13(14(16)17)11-9-12-15/h9-11H,2-8H2,1H3,(H,16,17). The second kappa shape index (κ2) is 10.9. The van der Waals surface area contributed by atoms with E-state index in [4.69, 9.17) is 10.4 Å². The number of nitriles is 1. The zero-order valence-corrected chi connectivity index (χ0v) is 10.5. The van der Waals surface area contributed by atoms with Gasteiger partial charge in [0.1, 0.15) is 0 Å². The molecule has 3 heteroatoms. The lowest BCUT2D eigenvalue weighted by Gasteiger charge is -1.98. The fourth-order valence-corrected chi connectivity index (χ4v) is 1.54. The Balaban J connectivity index is 3.83. The molecular weight excluding hydrogens is 214 g/mol. The lowest BCUT2D eigenvalue weighted by Crippen LogP contribution is -1.97. The van der Waals surface area contributed by atoms with Crippen molar-refractivity contribution in [3.63, 3.8) is 0 Å². The molecule has 0 atom stereocenters. The largest absolute Gasteiger partial charge is 0.478 e. The van der Waals surface area contributed by atoms with Crippen LogP contribution in [-0.4, -0.2) is 11.1 Å². The number of hydrogen-bond donors (Lipinski definition) is 1. The first-order valence-electron chi connectivity index (χ1n) is 6.22. The van der Waals surface area contributed by atoms with Crippen molar-refractivity contribution in [3.05, 3.63) is 23.8 Å². The molecule has 0 heterocycles. The van der Waals surface area contributed by atoms with E-state index >= 15 is 0 Å². The topological polar surface area (TPSA) is 61.1 Å². The minimum atomic E-state index is -0.970. The van der Waals surface area contributed by atoms with Crippen molar-refractivity contribution in [2.24, 2.45) is 0 Å². The molecule has 94 valence electrons. The molecule has 1 N–H and O–H groups in total. The minimum Gasteiger partial charge on any atom is -0.478 e. The molecule has 0 aromatic rings. The van der Waals surface area contributed by atoms with Crippen molar-refractivity contribution in [1.82, 2.24) is 0 Å². The van der Waals surface area contributed by atoms with Crippen molar-refractivity contribution in [3.8, 4) is 6.07 Å². The smallest absolute Gasteiger partial charge is 0.335 e. The van der Waals surface area contributed by atoms with E-state index in [0.29, 0.717) is 0 Å². The van der Waals surface area contributed by atoms with Gasteiger partial charge in [0.25, 0.3) is 0 Å². The van der Waals surface area contributed by atoms with Gasteiger partial charge in [-0.25, -0.2) is 4.79 Å². The van der Waals surface area contributed by atoms with E-state index in [-0.39, 0.29) is 5.57 Å². The molecule has 0 fully saturated rings. The summed E-state index contributed by atoms with van der Waals surface area (Å²) in [4.78, 5) is 10.8. The Bertz CT molecular complexity index is 311. The molecular formula is C14H21NO2. The summed E-state index contributed by atoms with van der Waals surface area (Å²) >= 11 is 0. The lowest BCUT2D eigenvalue weighted by molar-refractivity contribution is -0.132. The van der Waals surface area contributed by atoms with Gasteiger partial charge in [-0.05, 0) is 18.9 Å². The predicted molar refractivity (Wildman–Crippen MR) is 68.5 cm³/mol. The summed E-state index contributed by atoms with van der Waals surface area (Å²) in [6.07, 6.45) is 12.2. The summed E-state index contributed by atoms with van der Waals surface area (Å²) in [6.45, 7) is 2.18. The lowest BCUT2D eigenvalue weighted by atomic mass is 10.1. The number of carboxylic acids is 1. The number of nitrogens with zero attached hydrogens (tertiary/aromatic N) is 1. The summed E-state index contributed by atoms with van der Waals surface area (Å²) in [5.74, 6) is -0.970. The molecule has 0 saturated heterocycles. The molecule has 0 aliphatic heterocycles. The van der Waals surface area contributed by atoms with Gasteiger partial charge in [-0.15, -0.1) is 0 Å². The Labute approximate surface area is 103 Å². The molecule has 0 bridgehead atoms. The highest BCUT2D eigenvalue weighted by Gasteiger charge is 2.01. The Hall–Kier alpha value is -1.56. The van der Waals surface area contributed by atoms with Gasteiger partial charge in [-0.3, -0.25) is 0 Å². The van der Waals surface area contributed by atoms with Crippen molar-refractivity contribution in [1.29, 1.82) is 5.26 Å². The molecule has 17 heavy (non-hydrogen) atoms. The molecule has 0 saturated carbocycles. The summed E-state index contributed by atoms with van der Waals surface area (Å²) in [6, 6.07) is 1.79. The molecule has 0 amide bonds. The van der Waals surface area contributed by atoms with E-state index in [1.54, 1.807) is 12.1 Å². The van der Waals surface area contributed by atoms with Crippen molar-refractivity contribution in [2.75, 3.05) is 0 Å². The van der Waals surface area contributed by atoms with Crippen LogP contribution in [0.1, 0.15) is 51.9 Å². The number of carbonyl (C=O) groups is 1. The molecule has 0 unspecified atom stereocenters. The molecule has 0 aromatic carbocycles. The molecule has 3 nitrogen and oxygen atoms in total. The van der Waals surface area contributed by atoms with Gasteiger partial charge in [0.15, 0.2) is 0 Å². The van der Waals surface area contributed by atoms with Crippen LogP contribution in [0, 0.1) is 11.3 Å². The average molecular weight is 235 g/mol. The Morgan fingerprint density at radius 2 is 1.88 bits per heavy atom. The van der Waals surface area contributed by atoms with Crippen LogP contribution in [-0.2, 0) is 4.79 Å². The second-order valence-electron chi connectivity index (χ2n) is 3.98. The van der Waals surface area contributed by atoms with Crippen LogP contribution in [0.5, 0.6) is 0 Å². The molecule has 0 rings (SSSR count). The molecule has 0 aliphatic rings. The summed E-state index contributed by atoms with van der Waals surface area (Å²) in [7, 11) is 0.